The van der Waals surface area contributed by atoms with E-state index in [1.54, 1.807) is 14.2 Å². The van der Waals surface area contributed by atoms with E-state index in [2.05, 4.69) is 10.3 Å². The van der Waals surface area contributed by atoms with Crippen LogP contribution in [0.15, 0.2) is 58.4 Å². The van der Waals surface area contributed by atoms with Gasteiger partial charge in [0, 0.05) is 10.6 Å². The standard InChI is InChI=1S/C23H19ClN2O3S/c1-13-18(24)5-4-6-19(13)25-23-26-22(27)21(30-23)12-17-16-11-15(28-2)9-7-14(16)8-10-20(17)29-3/h4-12H,1-3H3,(H,25,26,27)/b21-12+. The number of benzene rings is 3. The monoisotopic (exact) mass is 438 g/mol. The third-order valence-electron chi connectivity index (χ3n) is 4.84. The van der Waals surface area contributed by atoms with E-state index in [-0.39, 0.29) is 5.91 Å². The van der Waals surface area contributed by atoms with Crippen LogP contribution in [0, 0.1) is 6.92 Å². The van der Waals surface area contributed by atoms with Crippen LogP contribution in [0.1, 0.15) is 11.1 Å². The summed E-state index contributed by atoms with van der Waals surface area (Å²) in [5, 5.41) is 5.93. The number of carbonyl (C=O) groups is 1. The van der Waals surface area contributed by atoms with Crippen molar-refractivity contribution in [2.45, 2.75) is 6.92 Å². The predicted molar refractivity (Wildman–Crippen MR) is 124 cm³/mol. The van der Waals surface area contributed by atoms with Crippen molar-refractivity contribution in [1.29, 1.82) is 0 Å². The van der Waals surface area contributed by atoms with Crippen molar-refractivity contribution in [2.75, 3.05) is 14.2 Å². The molecule has 0 saturated carbocycles. The van der Waals surface area contributed by atoms with Crippen molar-refractivity contribution in [1.82, 2.24) is 5.32 Å². The minimum atomic E-state index is -0.208. The molecule has 1 fully saturated rings. The molecule has 1 aliphatic heterocycles. The van der Waals surface area contributed by atoms with Crippen LogP contribution in [0.3, 0.4) is 0 Å². The summed E-state index contributed by atoms with van der Waals surface area (Å²) in [5.74, 6) is 1.20. The van der Waals surface area contributed by atoms with E-state index in [1.165, 1.54) is 11.8 Å². The maximum Gasteiger partial charge on any atom is 0.264 e. The summed E-state index contributed by atoms with van der Waals surface area (Å²) in [5.41, 5.74) is 2.40. The molecule has 0 radical (unpaired) electrons. The number of nitrogens with zero attached hydrogens (tertiary/aromatic N) is 1. The van der Waals surface area contributed by atoms with Gasteiger partial charge in [-0.2, -0.15) is 0 Å². The van der Waals surface area contributed by atoms with Crippen LogP contribution in [0.4, 0.5) is 5.69 Å². The first-order chi connectivity index (χ1) is 14.5. The topological polar surface area (TPSA) is 59.9 Å². The Morgan fingerprint density at radius 2 is 1.90 bits per heavy atom. The Morgan fingerprint density at radius 1 is 1.10 bits per heavy atom. The highest BCUT2D eigenvalue weighted by Crippen LogP contribution is 2.36. The first kappa shape index (κ1) is 20.3. The number of rotatable bonds is 4. The zero-order valence-electron chi connectivity index (χ0n) is 16.7. The van der Waals surface area contributed by atoms with Crippen LogP contribution in [0.2, 0.25) is 5.02 Å². The van der Waals surface area contributed by atoms with E-state index in [4.69, 9.17) is 21.1 Å². The van der Waals surface area contributed by atoms with Gasteiger partial charge in [-0.15, -0.1) is 0 Å². The van der Waals surface area contributed by atoms with Crippen molar-refractivity contribution in [2.24, 2.45) is 4.99 Å². The highest BCUT2D eigenvalue weighted by molar-refractivity contribution is 8.18. The fourth-order valence-electron chi connectivity index (χ4n) is 3.19. The zero-order chi connectivity index (χ0) is 21.3. The number of methoxy groups -OCH3 is 2. The van der Waals surface area contributed by atoms with Gasteiger partial charge in [0.1, 0.15) is 11.5 Å². The number of thioether (sulfide) groups is 1. The Bertz CT molecular complexity index is 1220. The molecule has 4 rings (SSSR count). The maximum absolute atomic E-state index is 12.6. The van der Waals surface area contributed by atoms with Crippen LogP contribution >= 0.6 is 23.4 Å². The van der Waals surface area contributed by atoms with Gasteiger partial charge in [0.05, 0.1) is 24.8 Å². The van der Waals surface area contributed by atoms with Gasteiger partial charge in [0.25, 0.3) is 5.91 Å². The maximum atomic E-state index is 12.6. The summed E-state index contributed by atoms with van der Waals surface area (Å²) in [6.07, 6.45) is 1.83. The first-order valence-corrected chi connectivity index (χ1v) is 10.4. The molecule has 1 heterocycles. The Balaban J connectivity index is 1.76. The Kier molecular flexibility index (Phi) is 5.70. The average Bonchev–Trinajstić information content (AvgIpc) is 3.10. The number of aliphatic imine (C=N–C) groups is 1. The van der Waals surface area contributed by atoms with Gasteiger partial charge in [-0.3, -0.25) is 4.79 Å². The highest BCUT2D eigenvalue weighted by atomic mass is 35.5. The molecule has 30 heavy (non-hydrogen) atoms. The molecular formula is C23H19ClN2O3S. The second kappa shape index (κ2) is 8.42. The van der Waals surface area contributed by atoms with Crippen molar-refractivity contribution in [3.05, 3.63) is 69.6 Å². The smallest absolute Gasteiger partial charge is 0.264 e. The van der Waals surface area contributed by atoms with E-state index in [9.17, 15) is 4.79 Å². The van der Waals surface area contributed by atoms with Crippen molar-refractivity contribution < 1.29 is 14.3 Å². The summed E-state index contributed by atoms with van der Waals surface area (Å²) in [7, 11) is 3.24. The molecule has 3 aromatic carbocycles. The summed E-state index contributed by atoms with van der Waals surface area (Å²) in [6, 6.07) is 15.2. The van der Waals surface area contributed by atoms with Gasteiger partial charge in [-0.05, 0) is 71.4 Å². The number of hydrogen-bond donors (Lipinski definition) is 1. The molecule has 152 valence electrons. The van der Waals surface area contributed by atoms with Crippen LogP contribution in [-0.4, -0.2) is 25.3 Å². The van der Waals surface area contributed by atoms with Crippen molar-refractivity contribution in [3.63, 3.8) is 0 Å². The molecule has 0 unspecified atom stereocenters. The van der Waals surface area contributed by atoms with Crippen LogP contribution in [0.5, 0.6) is 11.5 Å². The summed E-state index contributed by atoms with van der Waals surface area (Å²) >= 11 is 7.46. The van der Waals surface area contributed by atoms with Gasteiger partial charge in [0.2, 0.25) is 0 Å². The summed E-state index contributed by atoms with van der Waals surface area (Å²) < 4.78 is 10.9. The molecule has 7 heteroatoms. The van der Waals surface area contributed by atoms with E-state index >= 15 is 0 Å². The molecule has 0 atom stereocenters. The molecule has 1 N–H and O–H groups in total. The van der Waals surface area contributed by atoms with E-state index in [1.807, 2.05) is 61.5 Å². The number of ether oxygens (including phenoxy) is 2. The molecule has 1 aliphatic rings. The lowest BCUT2D eigenvalue weighted by molar-refractivity contribution is -0.115. The molecule has 1 amide bonds. The fourth-order valence-corrected chi connectivity index (χ4v) is 4.18. The van der Waals surface area contributed by atoms with E-state index in [0.29, 0.717) is 20.8 Å². The second-order valence-electron chi connectivity index (χ2n) is 6.63. The Hall–Kier alpha value is -2.96. The lowest BCUT2D eigenvalue weighted by Gasteiger charge is -2.10. The highest BCUT2D eigenvalue weighted by Gasteiger charge is 2.25. The van der Waals surface area contributed by atoms with Crippen molar-refractivity contribution in [3.8, 4) is 11.5 Å². The van der Waals surface area contributed by atoms with Crippen LogP contribution in [-0.2, 0) is 4.79 Å². The molecule has 3 aromatic rings. The summed E-state index contributed by atoms with van der Waals surface area (Å²) in [6.45, 7) is 1.90. The zero-order valence-corrected chi connectivity index (χ0v) is 18.2. The van der Waals surface area contributed by atoms with Crippen LogP contribution < -0.4 is 14.8 Å². The predicted octanol–water partition coefficient (Wildman–Crippen LogP) is 5.71. The Labute approximate surface area is 183 Å². The number of fused-ring (bicyclic) bond motifs is 1. The fraction of sp³-hybridized carbons (Fsp3) is 0.130. The van der Waals surface area contributed by atoms with Gasteiger partial charge in [-0.1, -0.05) is 29.8 Å². The SMILES string of the molecule is COc1ccc2ccc(OC)c(/C=C3/SC(=Nc4cccc(Cl)c4C)NC3=O)c2c1. The minimum Gasteiger partial charge on any atom is -0.497 e. The summed E-state index contributed by atoms with van der Waals surface area (Å²) in [4.78, 5) is 17.7. The quantitative estimate of drug-likeness (QED) is 0.530. The second-order valence-corrected chi connectivity index (χ2v) is 8.07. The third-order valence-corrected chi connectivity index (χ3v) is 6.16. The average molecular weight is 439 g/mol. The number of nitrogens with one attached hydrogen (secondary N) is 1. The normalized spacial score (nSPS) is 16.3. The number of carbonyl (C=O) groups excluding carboxylic acids is 1. The first-order valence-electron chi connectivity index (χ1n) is 9.19. The number of hydrogen-bond acceptors (Lipinski definition) is 5. The van der Waals surface area contributed by atoms with Gasteiger partial charge in [0.15, 0.2) is 5.17 Å². The molecule has 1 saturated heterocycles. The molecule has 5 nitrogen and oxygen atoms in total. The third kappa shape index (κ3) is 3.88. The number of amidine groups is 1. The molecule has 0 aliphatic carbocycles. The number of halogens is 1. The largest absolute Gasteiger partial charge is 0.497 e. The van der Waals surface area contributed by atoms with Gasteiger partial charge >= 0.3 is 0 Å². The number of amides is 1. The van der Waals surface area contributed by atoms with Crippen LogP contribution in [0.25, 0.3) is 16.8 Å². The lowest BCUT2D eigenvalue weighted by atomic mass is 10.0. The van der Waals surface area contributed by atoms with Gasteiger partial charge < -0.3 is 14.8 Å². The molecule has 0 spiro atoms. The lowest BCUT2D eigenvalue weighted by Crippen LogP contribution is -2.19. The minimum absolute atomic E-state index is 0.208. The van der Waals surface area contributed by atoms with E-state index in [0.717, 1.165) is 33.3 Å². The molecule has 0 aromatic heterocycles. The van der Waals surface area contributed by atoms with Gasteiger partial charge in [-0.25, -0.2) is 4.99 Å². The molecular weight excluding hydrogens is 420 g/mol. The Morgan fingerprint density at radius 3 is 2.67 bits per heavy atom. The van der Waals surface area contributed by atoms with E-state index < -0.39 is 0 Å². The van der Waals surface area contributed by atoms with Crippen molar-refractivity contribution >= 4 is 57.0 Å². The molecule has 0 bridgehead atoms.